The van der Waals surface area contributed by atoms with Gasteiger partial charge in [0.05, 0.1) is 0 Å². The zero-order chi connectivity index (χ0) is 17.0. The summed E-state index contributed by atoms with van der Waals surface area (Å²) in [5.41, 5.74) is 0. The van der Waals surface area contributed by atoms with Crippen molar-refractivity contribution in [2.75, 3.05) is 19.6 Å². The van der Waals surface area contributed by atoms with Crippen LogP contribution in [0, 0.1) is 5.92 Å². The van der Waals surface area contributed by atoms with E-state index in [9.17, 15) is 4.79 Å². The number of guanidine groups is 1. The van der Waals surface area contributed by atoms with Crippen molar-refractivity contribution >= 4 is 11.9 Å². The third-order valence-electron chi connectivity index (χ3n) is 4.92. The van der Waals surface area contributed by atoms with E-state index in [2.05, 4.69) is 27.9 Å². The molecule has 0 spiro atoms. The fourth-order valence-electron chi connectivity index (χ4n) is 3.36. The molecule has 0 saturated heterocycles. The molecule has 0 atom stereocenters. The van der Waals surface area contributed by atoms with Crippen LogP contribution < -0.4 is 16.0 Å². The SMILES string of the molecule is CCNC(=NCCCC(=O)NC1CC1)NCCCCC1CCCC1. The second-order valence-corrected chi connectivity index (χ2v) is 7.28. The molecule has 3 N–H and O–H groups in total. The number of nitrogens with zero attached hydrogens (tertiary/aromatic N) is 1. The van der Waals surface area contributed by atoms with Gasteiger partial charge >= 0.3 is 0 Å². The molecular weight excluding hydrogens is 300 g/mol. The summed E-state index contributed by atoms with van der Waals surface area (Å²) in [7, 11) is 0. The highest BCUT2D eigenvalue weighted by molar-refractivity contribution is 5.79. The van der Waals surface area contributed by atoms with Crippen molar-refractivity contribution in [1.82, 2.24) is 16.0 Å². The molecular formula is C19H36N4O. The average Bonchev–Trinajstić information content (AvgIpc) is 3.22. The zero-order valence-corrected chi connectivity index (χ0v) is 15.4. The van der Waals surface area contributed by atoms with Crippen LogP contribution in [0.4, 0.5) is 0 Å². The molecule has 0 aromatic carbocycles. The number of amides is 1. The maximum Gasteiger partial charge on any atom is 0.220 e. The minimum Gasteiger partial charge on any atom is -0.357 e. The lowest BCUT2D eigenvalue weighted by Gasteiger charge is -2.12. The summed E-state index contributed by atoms with van der Waals surface area (Å²) in [6, 6.07) is 0.462. The zero-order valence-electron chi connectivity index (χ0n) is 15.4. The number of hydrogen-bond acceptors (Lipinski definition) is 2. The lowest BCUT2D eigenvalue weighted by Crippen LogP contribution is -2.38. The fourth-order valence-corrected chi connectivity index (χ4v) is 3.36. The number of nitrogens with one attached hydrogen (secondary N) is 3. The topological polar surface area (TPSA) is 65.5 Å². The molecule has 2 aliphatic rings. The Morgan fingerprint density at radius 3 is 2.54 bits per heavy atom. The van der Waals surface area contributed by atoms with E-state index in [1.165, 1.54) is 44.9 Å². The van der Waals surface area contributed by atoms with Crippen LogP contribution in [0.15, 0.2) is 4.99 Å². The van der Waals surface area contributed by atoms with Crippen molar-refractivity contribution in [2.45, 2.75) is 83.6 Å². The molecule has 0 aromatic rings. The normalized spacial score (nSPS) is 18.6. The van der Waals surface area contributed by atoms with E-state index in [-0.39, 0.29) is 5.91 Å². The summed E-state index contributed by atoms with van der Waals surface area (Å²) < 4.78 is 0. The second kappa shape index (κ2) is 11.3. The lowest BCUT2D eigenvalue weighted by molar-refractivity contribution is -0.121. The van der Waals surface area contributed by atoms with E-state index in [0.29, 0.717) is 19.0 Å². The van der Waals surface area contributed by atoms with Crippen LogP contribution in [-0.4, -0.2) is 37.5 Å². The molecule has 2 fully saturated rings. The minimum atomic E-state index is 0.178. The number of aliphatic imine (C=N–C) groups is 1. The molecule has 2 aliphatic carbocycles. The highest BCUT2D eigenvalue weighted by atomic mass is 16.1. The summed E-state index contributed by atoms with van der Waals surface area (Å²) >= 11 is 0. The van der Waals surface area contributed by atoms with Crippen LogP contribution in [0.5, 0.6) is 0 Å². The van der Waals surface area contributed by atoms with Crippen LogP contribution in [0.25, 0.3) is 0 Å². The van der Waals surface area contributed by atoms with Gasteiger partial charge in [-0.2, -0.15) is 0 Å². The number of carbonyl (C=O) groups excluding carboxylic acids is 1. The van der Waals surface area contributed by atoms with Crippen molar-refractivity contribution in [1.29, 1.82) is 0 Å². The Bertz CT molecular complexity index is 387. The predicted molar refractivity (Wildman–Crippen MR) is 100 cm³/mol. The van der Waals surface area contributed by atoms with Gasteiger partial charge in [-0.25, -0.2) is 0 Å². The van der Waals surface area contributed by atoms with E-state index in [4.69, 9.17) is 0 Å². The fraction of sp³-hybridized carbons (Fsp3) is 0.895. The van der Waals surface area contributed by atoms with Gasteiger partial charge in [0.15, 0.2) is 5.96 Å². The third-order valence-corrected chi connectivity index (χ3v) is 4.92. The molecule has 0 heterocycles. The van der Waals surface area contributed by atoms with Gasteiger partial charge in [0.1, 0.15) is 0 Å². The van der Waals surface area contributed by atoms with E-state index >= 15 is 0 Å². The van der Waals surface area contributed by atoms with Crippen molar-refractivity contribution in [2.24, 2.45) is 10.9 Å². The first-order valence-electron chi connectivity index (χ1n) is 10.1. The van der Waals surface area contributed by atoms with E-state index < -0.39 is 0 Å². The van der Waals surface area contributed by atoms with Gasteiger partial charge in [-0.1, -0.05) is 38.5 Å². The van der Waals surface area contributed by atoms with Gasteiger partial charge < -0.3 is 16.0 Å². The van der Waals surface area contributed by atoms with Gasteiger partial charge in [0.25, 0.3) is 0 Å². The molecule has 138 valence electrons. The smallest absolute Gasteiger partial charge is 0.220 e. The number of unbranched alkanes of at least 4 members (excludes halogenated alkanes) is 1. The maximum absolute atomic E-state index is 11.6. The first-order chi connectivity index (χ1) is 11.8. The highest BCUT2D eigenvalue weighted by Crippen LogP contribution is 2.28. The van der Waals surface area contributed by atoms with Gasteiger partial charge in [-0.3, -0.25) is 9.79 Å². The van der Waals surface area contributed by atoms with Crippen LogP contribution in [0.1, 0.15) is 77.6 Å². The van der Waals surface area contributed by atoms with E-state index in [1.54, 1.807) is 0 Å². The van der Waals surface area contributed by atoms with Crippen LogP contribution in [0.2, 0.25) is 0 Å². The van der Waals surface area contributed by atoms with Gasteiger partial charge in [-0.05, 0) is 38.5 Å². The molecule has 0 aliphatic heterocycles. The first kappa shape index (κ1) is 19.1. The summed E-state index contributed by atoms with van der Waals surface area (Å²) in [6.45, 7) is 4.65. The molecule has 5 nitrogen and oxygen atoms in total. The quantitative estimate of drug-likeness (QED) is 0.309. The molecule has 1 amide bonds. The number of carbonyl (C=O) groups is 1. The summed E-state index contributed by atoms with van der Waals surface area (Å²) in [5, 5.41) is 9.72. The molecule has 0 unspecified atom stereocenters. The Morgan fingerprint density at radius 1 is 1.04 bits per heavy atom. The molecule has 24 heavy (non-hydrogen) atoms. The van der Waals surface area contributed by atoms with E-state index in [0.717, 1.165) is 44.2 Å². The summed E-state index contributed by atoms with van der Waals surface area (Å²) in [5.74, 6) is 2.06. The molecule has 2 rings (SSSR count). The van der Waals surface area contributed by atoms with Crippen molar-refractivity contribution in [3.63, 3.8) is 0 Å². The number of hydrogen-bond donors (Lipinski definition) is 3. The van der Waals surface area contributed by atoms with Crippen LogP contribution >= 0.6 is 0 Å². The minimum absolute atomic E-state index is 0.178. The molecule has 0 radical (unpaired) electrons. The Hall–Kier alpha value is -1.26. The Morgan fingerprint density at radius 2 is 1.83 bits per heavy atom. The molecule has 5 heteroatoms. The summed E-state index contributed by atoms with van der Waals surface area (Å²) in [6.07, 6.45) is 13.4. The average molecular weight is 337 g/mol. The first-order valence-corrected chi connectivity index (χ1v) is 10.1. The molecule has 0 bridgehead atoms. The third kappa shape index (κ3) is 8.55. The van der Waals surface area contributed by atoms with E-state index in [1.807, 2.05) is 0 Å². The van der Waals surface area contributed by atoms with Crippen LogP contribution in [-0.2, 0) is 4.79 Å². The second-order valence-electron chi connectivity index (χ2n) is 7.28. The van der Waals surface area contributed by atoms with Crippen molar-refractivity contribution < 1.29 is 4.79 Å². The Labute approximate surface area is 147 Å². The standard InChI is InChI=1S/C19H36N4O/c1-2-20-19(21-14-6-5-10-16-8-3-4-9-16)22-15-7-11-18(24)23-17-12-13-17/h16-17H,2-15H2,1H3,(H,23,24)(H2,20,21,22). The monoisotopic (exact) mass is 336 g/mol. The summed E-state index contributed by atoms with van der Waals surface area (Å²) in [4.78, 5) is 16.2. The van der Waals surface area contributed by atoms with Crippen molar-refractivity contribution in [3.8, 4) is 0 Å². The van der Waals surface area contributed by atoms with Gasteiger partial charge in [-0.15, -0.1) is 0 Å². The lowest BCUT2D eigenvalue weighted by atomic mass is 10.0. The predicted octanol–water partition coefficient (Wildman–Crippen LogP) is 2.96. The molecule has 0 aromatic heterocycles. The maximum atomic E-state index is 11.6. The van der Waals surface area contributed by atoms with Gasteiger partial charge in [0, 0.05) is 32.1 Å². The Kier molecular flexibility index (Phi) is 9.00. The number of rotatable bonds is 11. The largest absolute Gasteiger partial charge is 0.357 e. The van der Waals surface area contributed by atoms with Crippen LogP contribution in [0.3, 0.4) is 0 Å². The molecule has 2 saturated carbocycles. The Balaban J connectivity index is 1.51. The van der Waals surface area contributed by atoms with Gasteiger partial charge in [0.2, 0.25) is 5.91 Å². The highest BCUT2D eigenvalue weighted by Gasteiger charge is 2.22. The van der Waals surface area contributed by atoms with Crippen molar-refractivity contribution in [3.05, 3.63) is 0 Å².